The molecular formula is C22H22ClN11O. The number of benzene rings is 1. The lowest BCUT2D eigenvalue weighted by Gasteiger charge is -2.29. The Morgan fingerprint density at radius 1 is 1.31 bits per heavy atom. The number of rotatable bonds is 5. The Morgan fingerprint density at radius 2 is 2.17 bits per heavy atom. The highest BCUT2D eigenvalue weighted by molar-refractivity contribution is 6.30. The molecule has 1 atom stereocenters. The molecule has 35 heavy (non-hydrogen) atoms. The second-order valence-corrected chi connectivity index (χ2v) is 8.35. The number of hydrazine groups is 1. The van der Waals surface area contributed by atoms with E-state index in [-0.39, 0.29) is 24.2 Å². The zero-order chi connectivity index (χ0) is 24.5. The highest BCUT2D eigenvalue weighted by Gasteiger charge is 2.30. The lowest BCUT2D eigenvalue weighted by atomic mass is 10.1. The molecule has 3 aromatic rings. The summed E-state index contributed by atoms with van der Waals surface area (Å²) >= 11 is 6.05. The molecule has 6 N–H and O–H groups in total. The molecule has 13 heteroatoms. The van der Waals surface area contributed by atoms with Crippen molar-refractivity contribution in [3.05, 3.63) is 64.7 Å². The van der Waals surface area contributed by atoms with Crippen molar-refractivity contribution in [2.24, 2.45) is 10.1 Å². The van der Waals surface area contributed by atoms with Gasteiger partial charge >= 0.3 is 0 Å². The van der Waals surface area contributed by atoms with Crippen molar-refractivity contribution >= 4 is 40.7 Å². The van der Waals surface area contributed by atoms with Crippen LogP contribution in [0.1, 0.15) is 21.9 Å². The van der Waals surface area contributed by atoms with Crippen molar-refractivity contribution in [3.8, 4) is 11.3 Å². The van der Waals surface area contributed by atoms with E-state index in [4.69, 9.17) is 17.3 Å². The highest BCUT2D eigenvalue weighted by atomic mass is 35.5. The molecule has 2 aromatic heterocycles. The van der Waals surface area contributed by atoms with Crippen molar-refractivity contribution in [1.82, 2.24) is 41.3 Å². The van der Waals surface area contributed by atoms with Gasteiger partial charge < -0.3 is 11.1 Å². The molecule has 0 saturated heterocycles. The van der Waals surface area contributed by atoms with Crippen LogP contribution in [0.5, 0.6) is 0 Å². The number of aromatic nitrogens is 4. The number of halogens is 1. The minimum atomic E-state index is -0.453. The van der Waals surface area contributed by atoms with Gasteiger partial charge in [0.2, 0.25) is 0 Å². The first-order valence-electron chi connectivity index (χ1n) is 10.7. The summed E-state index contributed by atoms with van der Waals surface area (Å²) in [6.45, 7) is 3.93. The van der Waals surface area contributed by atoms with Crippen LogP contribution in [-0.4, -0.2) is 55.5 Å². The number of aliphatic imine (C=N–C) groups is 1. The number of fused-ring (bicyclic) bond motifs is 1. The number of carbonyl (C=O) groups is 1. The summed E-state index contributed by atoms with van der Waals surface area (Å²) in [6.07, 6.45) is 4.78. The largest absolute Gasteiger partial charge is 0.382 e. The van der Waals surface area contributed by atoms with Crippen molar-refractivity contribution in [1.29, 1.82) is 0 Å². The standard InChI is InChI=1S/C22H22ClN11O/c1-11-19(12(2)30-29-11)15-9-25-21(24)20(28-15)22(35)26-10-18-32-31-17-7-6-16(33-34(17)18)27-14-5-3-4-13(23)8-14/h3-9,18,32H,10H2,1-2H3,(H2,24,25)(H,26,35)(H,27,33)(H,29,30). The van der Waals surface area contributed by atoms with Crippen LogP contribution in [0.15, 0.2) is 52.7 Å². The van der Waals surface area contributed by atoms with Crippen LogP contribution in [0.25, 0.3) is 11.3 Å². The van der Waals surface area contributed by atoms with E-state index in [9.17, 15) is 4.79 Å². The van der Waals surface area contributed by atoms with Crippen LogP contribution in [-0.2, 0) is 0 Å². The van der Waals surface area contributed by atoms with Crippen LogP contribution in [0, 0.1) is 13.8 Å². The lowest BCUT2D eigenvalue weighted by molar-refractivity contribution is 0.0935. The molecule has 2 aliphatic rings. The van der Waals surface area contributed by atoms with Crippen molar-refractivity contribution in [2.45, 2.75) is 20.0 Å². The Morgan fingerprint density at radius 3 is 2.94 bits per heavy atom. The Labute approximate surface area is 205 Å². The first-order chi connectivity index (χ1) is 16.9. The molecule has 2 aliphatic heterocycles. The third-order valence-corrected chi connectivity index (χ3v) is 5.66. The van der Waals surface area contributed by atoms with E-state index < -0.39 is 5.91 Å². The van der Waals surface area contributed by atoms with E-state index in [1.54, 1.807) is 23.2 Å². The normalized spacial score (nSPS) is 17.6. The third-order valence-electron chi connectivity index (χ3n) is 5.43. The SMILES string of the molecule is Cc1n[nH]c(C)c1-c1cnc(N)c(C(=O)NCC2NN=C3C=CC(=Nc4cccc(Cl)c4)NN32)n1. The summed E-state index contributed by atoms with van der Waals surface area (Å²) in [4.78, 5) is 26.1. The van der Waals surface area contributed by atoms with Gasteiger partial charge in [-0.3, -0.25) is 20.7 Å². The minimum absolute atomic E-state index is 0.0383. The van der Waals surface area contributed by atoms with E-state index in [0.29, 0.717) is 28.1 Å². The number of aromatic amines is 1. The highest BCUT2D eigenvalue weighted by Crippen LogP contribution is 2.24. The lowest BCUT2D eigenvalue weighted by Crippen LogP contribution is -2.56. The molecule has 1 unspecified atom stereocenters. The zero-order valence-corrected chi connectivity index (χ0v) is 19.6. The van der Waals surface area contributed by atoms with Crippen LogP contribution in [0.2, 0.25) is 5.02 Å². The number of hydrogen-bond donors (Lipinski definition) is 5. The van der Waals surface area contributed by atoms with Gasteiger partial charge in [0.25, 0.3) is 5.91 Å². The second-order valence-electron chi connectivity index (χ2n) is 7.92. The number of nitrogen functional groups attached to an aromatic ring is 1. The Bertz CT molecular complexity index is 1370. The molecule has 4 heterocycles. The molecule has 12 nitrogen and oxygen atoms in total. The van der Waals surface area contributed by atoms with Crippen LogP contribution < -0.4 is 21.9 Å². The molecule has 0 saturated carbocycles. The van der Waals surface area contributed by atoms with Crippen LogP contribution in [0.4, 0.5) is 11.5 Å². The Balaban J connectivity index is 1.28. The van der Waals surface area contributed by atoms with Gasteiger partial charge in [0.15, 0.2) is 23.5 Å². The maximum atomic E-state index is 12.9. The number of hydrogen-bond acceptors (Lipinski definition) is 9. The summed E-state index contributed by atoms with van der Waals surface area (Å²) in [7, 11) is 0. The van der Waals surface area contributed by atoms with Gasteiger partial charge in [0.1, 0.15) is 5.84 Å². The molecular weight excluding hydrogens is 470 g/mol. The molecule has 1 amide bonds. The van der Waals surface area contributed by atoms with Crippen molar-refractivity contribution in [3.63, 3.8) is 0 Å². The molecule has 0 bridgehead atoms. The van der Waals surface area contributed by atoms with E-state index in [1.807, 2.05) is 32.1 Å². The smallest absolute Gasteiger partial charge is 0.273 e. The second kappa shape index (κ2) is 9.06. The number of aryl methyl sites for hydroxylation is 2. The summed E-state index contributed by atoms with van der Waals surface area (Å²) in [5, 5.41) is 16.6. The van der Waals surface area contributed by atoms with E-state index >= 15 is 0 Å². The quantitative estimate of drug-likeness (QED) is 0.361. The fourth-order valence-corrected chi connectivity index (χ4v) is 3.93. The average Bonchev–Trinajstić information content (AvgIpc) is 3.40. The molecule has 1 aromatic carbocycles. The summed E-state index contributed by atoms with van der Waals surface area (Å²) in [5.74, 6) is 0.837. The number of hydrazone groups is 1. The number of H-pyrrole nitrogens is 1. The van der Waals surface area contributed by atoms with Crippen LogP contribution in [0.3, 0.4) is 0 Å². The monoisotopic (exact) mass is 491 g/mol. The molecule has 178 valence electrons. The maximum Gasteiger partial charge on any atom is 0.273 e. The number of amidine groups is 2. The van der Waals surface area contributed by atoms with E-state index in [0.717, 1.165) is 17.0 Å². The van der Waals surface area contributed by atoms with E-state index in [1.165, 1.54) is 6.20 Å². The van der Waals surface area contributed by atoms with Gasteiger partial charge in [0, 0.05) is 16.3 Å². The number of nitrogens with zero attached hydrogens (tertiary/aromatic N) is 6. The summed E-state index contributed by atoms with van der Waals surface area (Å²) in [6, 6.07) is 7.23. The number of nitrogens with one attached hydrogen (secondary N) is 4. The topological polar surface area (TPSA) is 162 Å². The van der Waals surface area contributed by atoms with Gasteiger partial charge in [-0.2, -0.15) is 10.2 Å². The number of carbonyl (C=O) groups excluding carboxylic acids is 1. The summed E-state index contributed by atoms with van der Waals surface area (Å²) < 4.78 is 0. The molecule has 0 spiro atoms. The third kappa shape index (κ3) is 4.51. The number of anilines is 1. The number of amides is 1. The van der Waals surface area contributed by atoms with Crippen molar-refractivity contribution in [2.75, 3.05) is 12.3 Å². The first kappa shape index (κ1) is 22.3. The van der Waals surface area contributed by atoms with Crippen molar-refractivity contribution < 1.29 is 4.79 Å². The van der Waals surface area contributed by atoms with Gasteiger partial charge in [0.05, 0.1) is 29.8 Å². The average molecular weight is 492 g/mol. The van der Waals surface area contributed by atoms with Gasteiger partial charge in [-0.25, -0.2) is 20.0 Å². The van der Waals surface area contributed by atoms with Gasteiger partial charge in [-0.15, -0.1) is 0 Å². The maximum absolute atomic E-state index is 12.9. The molecule has 0 fully saturated rings. The fourth-order valence-electron chi connectivity index (χ4n) is 3.75. The zero-order valence-electron chi connectivity index (χ0n) is 18.9. The van der Waals surface area contributed by atoms with E-state index in [2.05, 4.69) is 46.4 Å². The Kier molecular flexibility index (Phi) is 5.79. The predicted molar refractivity (Wildman–Crippen MR) is 133 cm³/mol. The van der Waals surface area contributed by atoms with Crippen LogP contribution >= 0.6 is 11.6 Å². The van der Waals surface area contributed by atoms with Gasteiger partial charge in [-0.05, 0) is 44.2 Å². The predicted octanol–water partition coefficient (Wildman–Crippen LogP) is 1.80. The molecule has 5 rings (SSSR count). The Hall–Kier alpha value is -4.45. The minimum Gasteiger partial charge on any atom is -0.382 e. The molecule has 0 aliphatic carbocycles. The number of nitrogens with two attached hydrogens (primary N) is 1. The fraction of sp³-hybridized carbons (Fsp3) is 0.182. The first-order valence-corrected chi connectivity index (χ1v) is 11.1. The molecule has 0 radical (unpaired) electrons. The van der Waals surface area contributed by atoms with Gasteiger partial charge in [-0.1, -0.05) is 17.7 Å². The summed E-state index contributed by atoms with van der Waals surface area (Å²) in [5.41, 5.74) is 15.8.